The minimum Gasteiger partial charge on any atom is -0.357 e. The molecule has 2 saturated carbocycles. The van der Waals surface area contributed by atoms with Gasteiger partial charge in [-0.1, -0.05) is 19.3 Å². The third-order valence-electron chi connectivity index (χ3n) is 4.42. The molecular weight excluding hydrogens is 295 g/mol. The van der Waals surface area contributed by atoms with E-state index in [0.717, 1.165) is 19.3 Å². The summed E-state index contributed by atoms with van der Waals surface area (Å²) in [6.45, 7) is 0. The number of halogens is 5. The van der Waals surface area contributed by atoms with Crippen molar-refractivity contribution in [2.75, 3.05) is 0 Å². The molecule has 0 aromatic heterocycles. The zero-order valence-corrected chi connectivity index (χ0v) is 11.6. The van der Waals surface area contributed by atoms with Gasteiger partial charge >= 0.3 is 12.1 Å². The van der Waals surface area contributed by atoms with Crippen molar-refractivity contribution in [2.24, 2.45) is 0 Å². The fourth-order valence-electron chi connectivity index (χ4n) is 3.23. The Morgan fingerprint density at radius 1 is 0.952 bits per heavy atom. The van der Waals surface area contributed by atoms with Crippen LogP contribution in [0.15, 0.2) is 0 Å². The Kier molecular flexibility index (Phi) is 4.61. The van der Waals surface area contributed by atoms with Gasteiger partial charge in [0.2, 0.25) is 0 Å². The van der Waals surface area contributed by atoms with Crippen LogP contribution in [0, 0.1) is 0 Å². The van der Waals surface area contributed by atoms with Crippen LogP contribution >= 0.6 is 0 Å². The van der Waals surface area contributed by atoms with E-state index in [1.54, 1.807) is 0 Å². The summed E-state index contributed by atoms with van der Waals surface area (Å²) in [6.07, 6.45) is -3.59. The van der Waals surface area contributed by atoms with Gasteiger partial charge in [0.1, 0.15) is 0 Å². The van der Waals surface area contributed by atoms with Crippen molar-refractivity contribution in [3.05, 3.63) is 0 Å². The van der Waals surface area contributed by atoms with Crippen LogP contribution in [-0.2, 0) is 9.53 Å². The SMILES string of the molecule is O=C1CCCCC1(OC1CCCCC1)C(F)(F)C(F)(F)F. The van der Waals surface area contributed by atoms with Crippen LogP contribution in [0.1, 0.15) is 57.8 Å². The summed E-state index contributed by atoms with van der Waals surface area (Å²) in [5.41, 5.74) is -3.02. The molecule has 0 aliphatic heterocycles. The van der Waals surface area contributed by atoms with Gasteiger partial charge in [-0.3, -0.25) is 4.79 Å². The maximum Gasteiger partial charge on any atom is 0.456 e. The number of alkyl halides is 5. The van der Waals surface area contributed by atoms with Crippen LogP contribution in [-0.4, -0.2) is 29.6 Å². The van der Waals surface area contributed by atoms with Gasteiger partial charge in [0, 0.05) is 6.42 Å². The summed E-state index contributed by atoms with van der Waals surface area (Å²) in [4.78, 5) is 12.0. The predicted octanol–water partition coefficient (Wildman–Crippen LogP) is 4.42. The number of hydrogen-bond donors (Lipinski definition) is 0. The number of carbonyl (C=O) groups excluding carboxylic acids is 1. The van der Waals surface area contributed by atoms with Crippen molar-refractivity contribution in [1.82, 2.24) is 0 Å². The maximum atomic E-state index is 14.0. The first-order valence-corrected chi connectivity index (χ1v) is 7.36. The smallest absolute Gasteiger partial charge is 0.357 e. The molecule has 0 heterocycles. The number of hydrogen-bond acceptors (Lipinski definition) is 2. The fourth-order valence-corrected chi connectivity index (χ4v) is 3.23. The first-order valence-electron chi connectivity index (χ1n) is 7.36. The Balaban J connectivity index is 2.32. The highest BCUT2D eigenvalue weighted by Crippen LogP contribution is 2.51. The molecule has 1 unspecified atom stereocenters. The van der Waals surface area contributed by atoms with E-state index >= 15 is 0 Å². The van der Waals surface area contributed by atoms with E-state index in [4.69, 9.17) is 4.74 Å². The van der Waals surface area contributed by atoms with Crippen LogP contribution < -0.4 is 0 Å². The molecule has 2 fully saturated rings. The lowest BCUT2D eigenvalue weighted by atomic mass is 9.77. The van der Waals surface area contributed by atoms with Gasteiger partial charge in [-0.2, -0.15) is 22.0 Å². The van der Waals surface area contributed by atoms with Crippen LogP contribution in [0.2, 0.25) is 0 Å². The summed E-state index contributed by atoms with van der Waals surface area (Å²) < 4.78 is 71.6. The van der Waals surface area contributed by atoms with E-state index in [1.807, 2.05) is 0 Å². The van der Waals surface area contributed by atoms with Crippen molar-refractivity contribution in [1.29, 1.82) is 0 Å². The lowest BCUT2D eigenvalue weighted by molar-refractivity contribution is -0.349. The molecule has 0 amide bonds. The second kappa shape index (κ2) is 5.82. The maximum absolute atomic E-state index is 14.0. The summed E-state index contributed by atoms with van der Waals surface area (Å²) >= 11 is 0. The Morgan fingerprint density at radius 2 is 1.57 bits per heavy atom. The van der Waals surface area contributed by atoms with Gasteiger partial charge in [0.15, 0.2) is 11.4 Å². The van der Waals surface area contributed by atoms with Gasteiger partial charge in [-0.05, 0) is 32.1 Å². The summed E-state index contributed by atoms with van der Waals surface area (Å²) in [5, 5.41) is 0. The van der Waals surface area contributed by atoms with E-state index < -0.39 is 36.0 Å². The van der Waals surface area contributed by atoms with Gasteiger partial charge in [-0.15, -0.1) is 0 Å². The molecule has 2 rings (SSSR count). The van der Waals surface area contributed by atoms with E-state index in [0.29, 0.717) is 19.3 Å². The molecule has 1 atom stereocenters. The monoisotopic (exact) mass is 314 g/mol. The molecule has 122 valence electrons. The summed E-state index contributed by atoms with van der Waals surface area (Å²) in [5.74, 6) is -6.25. The summed E-state index contributed by atoms with van der Waals surface area (Å²) in [7, 11) is 0. The molecule has 0 aromatic rings. The number of rotatable bonds is 3. The third-order valence-corrected chi connectivity index (χ3v) is 4.42. The first-order chi connectivity index (χ1) is 9.71. The van der Waals surface area contributed by atoms with Crippen LogP contribution in [0.3, 0.4) is 0 Å². The van der Waals surface area contributed by atoms with Crippen molar-refractivity contribution in [3.8, 4) is 0 Å². The molecule has 2 aliphatic carbocycles. The van der Waals surface area contributed by atoms with Gasteiger partial charge < -0.3 is 4.74 Å². The highest BCUT2D eigenvalue weighted by molar-refractivity contribution is 5.89. The van der Waals surface area contributed by atoms with Crippen LogP contribution in [0.4, 0.5) is 22.0 Å². The molecule has 0 aromatic carbocycles. The fraction of sp³-hybridized carbons (Fsp3) is 0.929. The van der Waals surface area contributed by atoms with Gasteiger partial charge in [-0.25, -0.2) is 0 Å². The lowest BCUT2D eigenvalue weighted by Crippen LogP contribution is -2.65. The van der Waals surface area contributed by atoms with Crippen molar-refractivity contribution in [3.63, 3.8) is 0 Å². The highest BCUT2D eigenvalue weighted by Gasteiger charge is 2.74. The second-order valence-electron chi connectivity index (χ2n) is 5.91. The average Bonchev–Trinajstić information content (AvgIpc) is 2.41. The van der Waals surface area contributed by atoms with Crippen molar-refractivity contribution < 1.29 is 31.5 Å². The third kappa shape index (κ3) is 2.94. The quantitative estimate of drug-likeness (QED) is 0.721. The predicted molar refractivity (Wildman–Crippen MR) is 65.2 cm³/mol. The minimum atomic E-state index is -5.78. The molecule has 0 saturated heterocycles. The molecule has 0 N–H and O–H groups in total. The lowest BCUT2D eigenvalue weighted by Gasteiger charge is -2.44. The number of carbonyl (C=O) groups is 1. The Bertz CT molecular complexity index is 387. The van der Waals surface area contributed by atoms with Crippen LogP contribution in [0.5, 0.6) is 0 Å². The van der Waals surface area contributed by atoms with Crippen molar-refractivity contribution in [2.45, 2.75) is 81.6 Å². The number of ether oxygens (including phenoxy) is 1. The largest absolute Gasteiger partial charge is 0.456 e. The second-order valence-corrected chi connectivity index (χ2v) is 5.91. The van der Waals surface area contributed by atoms with Gasteiger partial charge in [0.25, 0.3) is 0 Å². The first kappa shape index (κ1) is 16.6. The Morgan fingerprint density at radius 3 is 2.10 bits per heavy atom. The standard InChI is InChI=1S/C14H19F5O2/c15-13(16,14(17,18)19)12(9-5-4-8-11(12)20)21-10-6-2-1-3-7-10/h10H,1-9H2. The molecule has 0 spiro atoms. The summed E-state index contributed by atoms with van der Waals surface area (Å²) in [6, 6.07) is 0. The van der Waals surface area contributed by atoms with E-state index in [9.17, 15) is 26.7 Å². The molecule has 21 heavy (non-hydrogen) atoms. The highest BCUT2D eigenvalue weighted by atomic mass is 19.4. The topological polar surface area (TPSA) is 26.3 Å². The van der Waals surface area contributed by atoms with Crippen molar-refractivity contribution >= 4 is 5.78 Å². The average molecular weight is 314 g/mol. The molecule has 0 radical (unpaired) electrons. The Labute approximate surface area is 120 Å². The van der Waals surface area contributed by atoms with E-state index in [2.05, 4.69) is 0 Å². The number of ketones is 1. The molecule has 0 bridgehead atoms. The molecule has 2 aliphatic rings. The van der Waals surface area contributed by atoms with Gasteiger partial charge in [0.05, 0.1) is 6.10 Å². The zero-order valence-electron chi connectivity index (χ0n) is 11.6. The molecule has 7 heteroatoms. The van der Waals surface area contributed by atoms with E-state index in [-0.39, 0.29) is 12.8 Å². The van der Waals surface area contributed by atoms with E-state index in [1.165, 1.54) is 0 Å². The normalized spacial score (nSPS) is 29.7. The minimum absolute atomic E-state index is 0.143. The van der Waals surface area contributed by atoms with Crippen LogP contribution in [0.25, 0.3) is 0 Å². The molecule has 2 nitrogen and oxygen atoms in total. The number of Topliss-reactive ketones (excluding diaryl/α,β-unsaturated/α-hetero) is 1. The molecular formula is C14H19F5O2. The Hall–Kier alpha value is -0.720. The zero-order chi connectivity index (χ0) is 15.7.